The Kier molecular flexibility index (Phi) is 5.56. The number of aliphatic hydroxyl groups is 2. The first-order chi connectivity index (χ1) is 16.6. The van der Waals surface area contributed by atoms with Crippen LogP contribution in [0.4, 0.5) is 0 Å². The maximum Gasteiger partial charge on any atom is 0.333 e. The molecule has 10 nitrogen and oxygen atoms in total. The number of ether oxygens (including phenoxy) is 3. The van der Waals surface area contributed by atoms with Gasteiger partial charge in [0.05, 0.1) is 24.5 Å². The molecule has 2 bridgehead atoms. The smallest absolute Gasteiger partial charge is 0.333 e. The molecule has 0 saturated heterocycles. The summed E-state index contributed by atoms with van der Waals surface area (Å²) in [5.41, 5.74) is 0.243. The van der Waals surface area contributed by atoms with E-state index in [1.54, 1.807) is 13.2 Å². The Morgan fingerprint density at radius 2 is 2.09 bits per heavy atom. The molecule has 4 aliphatic rings. The highest BCUT2D eigenvalue weighted by Gasteiger charge is 2.70. The van der Waals surface area contributed by atoms with Crippen molar-refractivity contribution in [3.05, 3.63) is 35.1 Å². The Hall–Kier alpha value is -3.11. The van der Waals surface area contributed by atoms with Gasteiger partial charge in [0.2, 0.25) is 5.91 Å². The molecule has 1 saturated carbocycles. The summed E-state index contributed by atoms with van der Waals surface area (Å²) >= 11 is 0. The molecule has 6 atom stereocenters. The highest BCUT2D eigenvalue weighted by molar-refractivity contribution is 5.87. The van der Waals surface area contributed by atoms with Crippen LogP contribution < -0.4 is 14.8 Å². The number of methoxy groups -OCH3 is 1. The SMILES string of the molecule is COc1ccc2c3c1O[C@@H]1C(OC(=O)[C@H](C)NC(=O)C[C@H](O)C(=O)O)=CC[C@]4(O)[C@@H](CCC[C@@]314)C2. The maximum absolute atomic E-state index is 12.9. The lowest BCUT2D eigenvalue weighted by atomic mass is 9.47. The lowest BCUT2D eigenvalue weighted by Gasteiger charge is -2.59. The molecule has 1 spiro atoms. The van der Waals surface area contributed by atoms with E-state index in [1.165, 1.54) is 6.92 Å². The highest BCUT2D eigenvalue weighted by atomic mass is 16.6. The van der Waals surface area contributed by atoms with Gasteiger partial charge in [0.1, 0.15) is 11.8 Å². The summed E-state index contributed by atoms with van der Waals surface area (Å²) in [5, 5.41) is 32.5. The van der Waals surface area contributed by atoms with Crippen LogP contribution in [0.15, 0.2) is 24.0 Å². The summed E-state index contributed by atoms with van der Waals surface area (Å²) in [7, 11) is 1.56. The third-order valence-corrected chi connectivity index (χ3v) is 8.08. The fourth-order valence-corrected chi connectivity index (χ4v) is 6.51. The lowest BCUT2D eigenvalue weighted by molar-refractivity contribution is -0.161. The molecule has 0 aromatic heterocycles. The predicted octanol–water partition coefficient (Wildman–Crippen LogP) is 0.952. The van der Waals surface area contributed by atoms with Crippen molar-refractivity contribution in [2.75, 3.05) is 7.11 Å². The fourth-order valence-electron chi connectivity index (χ4n) is 6.51. The number of carbonyl (C=O) groups is 3. The van der Waals surface area contributed by atoms with Gasteiger partial charge in [0, 0.05) is 5.56 Å². The van der Waals surface area contributed by atoms with Gasteiger partial charge in [-0.2, -0.15) is 0 Å². The van der Waals surface area contributed by atoms with Crippen molar-refractivity contribution < 1.29 is 43.9 Å². The van der Waals surface area contributed by atoms with Gasteiger partial charge in [-0.05, 0) is 56.2 Å². The van der Waals surface area contributed by atoms with Crippen LogP contribution in [0.1, 0.15) is 50.2 Å². The van der Waals surface area contributed by atoms with E-state index in [9.17, 15) is 24.6 Å². The van der Waals surface area contributed by atoms with Gasteiger partial charge in [-0.25, -0.2) is 9.59 Å². The minimum absolute atomic E-state index is 0.0570. The second-order valence-corrected chi connectivity index (χ2v) is 9.90. The van der Waals surface area contributed by atoms with Crippen molar-refractivity contribution in [2.24, 2.45) is 5.92 Å². The predicted molar refractivity (Wildman–Crippen MR) is 120 cm³/mol. The number of aliphatic carboxylic acids is 1. The molecule has 35 heavy (non-hydrogen) atoms. The monoisotopic (exact) mass is 487 g/mol. The molecule has 1 aliphatic heterocycles. The molecule has 3 aliphatic carbocycles. The normalized spacial score (nSPS) is 31.3. The van der Waals surface area contributed by atoms with Gasteiger partial charge in [-0.1, -0.05) is 12.5 Å². The molecular formula is C25H29NO9. The van der Waals surface area contributed by atoms with Crippen molar-refractivity contribution in [1.82, 2.24) is 5.32 Å². The number of amides is 1. The van der Waals surface area contributed by atoms with Crippen molar-refractivity contribution in [3.63, 3.8) is 0 Å². The summed E-state index contributed by atoms with van der Waals surface area (Å²) in [6, 6.07) is 2.79. The van der Waals surface area contributed by atoms with E-state index in [-0.39, 0.29) is 11.7 Å². The van der Waals surface area contributed by atoms with E-state index in [0.717, 1.165) is 30.4 Å². The van der Waals surface area contributed by atoms with Gasteiger partial charge in [-0.3, -0.25) is 4.79 Å². The largest absolute Gasteiger partial charge is 0.493 e. The molecule has 5 rings (SSSR count). The van der Waals surface area contributed by atoms with Crippen LogP contribution in [0.2, 0.25) is 0 Å². The molecule has 0 unspecified atom stereocenters. The van der Waals surface area contributed by atoms with Gasteiger partial charge >= 0.3 is 11.9 Å². The van der Waals surface area contributed by atoms with Gasteiger partial charge < -0.3 is 34.8 Å². The number of nitrogens with one attached hydrogen (secondary N) is 1. The second kappa shape index (κ2) is 8.23. The van der Waals surface area contributed by atoms with Crippen molar-refractivity contribution in [3.8, 4) is 11.5 Å². The molecule has 1 amide bonds. The molecule has 1 fully saturated rings. The minimum Gasteiger partial charge on any atom is -0.493 e. The number of aliphatic hydroxyl groups excluding tert-OH is 1. The Morgan fingerprint density at radius 1 is 1.31 bits per heavy atom. The Bertz CT molecular complexity index is 1130. The first kappa shape index (κ1) is 23.6. The molecule has 1 heterocycles. The van der Waals surface area contributed by atoms with Crippen LogP contribution in [0.3, 0.4) is 0 Å². The number of hydrogen-bond donors (Lipinski definition) is 4. The van der Waals surface area contributed by atoms with Crippen LogP contribution in [-0.4, -0.2) is 64.1 Å². The van der Waals surface area contributed by atoms with Crippen molar-refractivity contribution >= 4 is 17.8 Å². The summed E-state index contributed by atoms with van der Waals surface area (Å²) in [6.07, 6.45) is 1.96. The lowest BCUT2D eigenvalue weighted by Crippen LogP contribution is -2.67. The van der Waals surface area contributed by atoms with Crippen LogP contribution in [0, 0.1) is 5.92 Å². The molecule has 4 N–H and O–H groups in total. The summed E-state index contributed by atoms with van der Waals surface area (Å²) in [6.45, 7) is 1.41. The van der Waals surface area contributed by atoms with E-state index < -0.39 is 53.5 Å². The van der Waals surface area contributed by atoms with Crippen molar-refractivity contribution in [1.29, 1.82) is 0 Å². The summed E-state index contributed by atoms with van der Waals surface area (Å²) < 4.78 is 17.7. The number of hydrogen-bond acceptors (Lipinski definition) is 8. The van der Waals surface area contributed by atoms with Gasteiger partial charge in [0.15, 0.2) is 23.7 Å². The Labute approximate surface area is 201 Å². The van der Waals surface area contributed by atoms with E-state index in [2.05, 4.69) is 5.32 Å². The fraction of sp³-hybridized carbons (Fsp3) is 0.560. The number of carbonyl (C=O) groups excluding carboxylic acids is 2. The van der Waals surface area contributed by atoms with Crippen LogP contribution in [0.25, 0.3) is 0 Å². The molecule has 1 aromatic carbocycles. The zero-order chi connectivity index (χ0) is 25.1. The van der Waals surface area contributed by atoms with E-state index in [4.69, 9.17) is 19.3 Å². The van der Waals surface area contributed by atoms with Gasteiger partial charge in [0.25, 0.3) is 0 Å². The Balaban J connectivity index is 1.42. The zero-order valence-corrected chi connectivity index (χ0v) is 19.6. The van der Waals surface area contributed by atoms with E-state index >= 15 is 0 Å². The average molecular weight is 488 g/mol. The van der Waals surface area contributed by atoms with Crippen LogP contribution in [-0.2, 0) is 31.0 Å². The minimum atomic E-state index is -1.86. The molecule has 1 aromatic rings. The standard InChI is InChI=1S/C25H29NO9/c1-12(26-18(28)11-15(27)22(29)30)23(31)34-17-7-9-25(32)14-4-3-8-24(25)19-13(10-14)5-6-16(33-2)20(19)35-21(17)24/h5-7,12,14-15,21,27,32H,3-4,8-11H2,1-2H3,(H,26,28)(H,29,30)/t12-,14-,15-,21+,24+,25-/m0/s1. The number of benzene rings is 1. The third-order valence-electron chi connectivity index (χ3n) is 8.08. The highest BCUT2D eigenvalue weighted by Crippen LogP contribution is 2.67. The second-order valence-electron chi connectivity index (χ2n) is 9.90. The Morgan fingerprint density at radius 3 is 2.80 bits per heavy atom. The first-order valence-electron chi connectivity index (χ1n) is 11.8. The number of carboxylic acid groups (broad SMARTS) is 1. The molecule has 188 valence electrons. The average Bonchev–Trinajstić information content (AvgIpc) is 3.15. The van der Waals surface area contributed by atoms with Crippen molar-refractivity contribution in [2.45, 2.75) is 74.7 Å². The number of rotatable bonds is 7. The summed E-state index contributed by atoms with van der Waals surface area (Å²) in [4.78, 5) is 35.6. The van der Waals surface area contributed by atoms with Gasteiger partial charge in [-0.15, -0.1) is 0 Å². The quantitative estimate of drug-likeness (QED) is 0.412. The molecule has 10 heteroatoms. The number of esters is 1. The van der Waals surface area contributed by atoms with Crippen LogP contribution in [0.5, 0.6) is 11.5 Å². The van der Waals surface area contributed by atoms with Crippen LogP contribution >= 0.6 is 0 Å². The summed E-state index contributed by atoms with van der Waals surface area (Å²) in [5.74, 6) is -1.62. The van der Waals surface area contributed by atoms with E-state index in [1.807, 2.05) is 12.1 Å². The number of carboxylic acids is 1. The topological polar surface area (TPSA) is 152 Å². The molecule has 0 radical (unpaired) electrons. The molecular weight excluding hydrogens is 458 g/mol. The first-order valence-corrected chi connectivity index (χ1v) is 11.8. The van der Waals surface area contributed by atoms with E-state index in [0.29, 0.717) is 24.3 Å². The maximum atomic E-state index is 12.9. The third kappa shape index (κ3) is 3.34. The zero-order valence-electron chi connectivity index (χ0n) is 19.6.